The van der Waals surface area contributed by atoms with Gasteiger partial charge in [-0.3, -0.25) is 14.6 Å². The summed E-state index contributed by atoms with van der Waals surface area (Å²) in [5.41, 5.74) is 1.14. The predicted octanol–water partition coefficient (Wildman–Crippen LogP) is 5.09. The molecule has 0 saturated carbocycles. The molecule has 2 heterocycles. The molecular weight excluding hydrogens is 469 g/mol. The van der Waals surface area contributed by atoms with Crippen molar-refractivity contribution in [1.82, 2.24) is 10.2 Å². The third-order valence-electron chi connectivity index (χ3n) is 6.63. The number of hydrogen-bond donors (Lipinski definition) is 1. The number of nitrogens with one attached hydrogen (secondary N) is 1. The Morgan fingerprint density at radius 1 is 1.19 bits per heavy atom. The van der Waals surface area contributed by atoms with Gasteiger partial charge in [-0.2, -0.15) is 0 Å². The van der Waals surface area contributed by atoms with Crippen molar-refractivity contribution in [3.05, 3.63) is 34.9 Å². The van der Waals surface area contributed by atoms with E-state index in [9.17, 15) is 9.59 Å². The molecule has 2 amide bonds. The topological polar surface area (TPSA) is 61.8 Å². The second kappa shape index (κ2) is 10.3. The molecule has 5 nitrogen and oxygen atoms in total. The average Bonchev–Trinajstić information content (AvgIpc) is 2.73. The lowest BCUT2D eigenvalue weighted by Crippen LogP contribution is -2.57. The van der Waals surface area contributed by atoms with Crippen molar-refractivity contribution in [3.8, 4) is 0 Å². The van der Waals surface area contributed by atoms with Crippen molar-refractivity contribution in [2.75, 3.05) is 19.6 Å². The van der Waals surface area contributed by atoms with Gasteiger partial charge in [0.15, 0.2) is 0 Å². The highest BCUT2D eigenvalue weighted by atomic mass is 35.5. The summed E-state index contributed by atoms with van der Waals surface area (Å²) in [6, 6.07) is 7.41. The van der Waals surface area contributed by atoms with Gasteiger partial charge < -0.3 is 10.2 Å². The Balaban J connectivity index is 1.68. The summed E-state index contributed by atoms with van der Waals surface area (Å²) < 4.78 is 0. The van der Waals surface area contributed by atoms with Gasteiger partial charge in [-0.05, 0) is 47.8 Å². The summed E-state index contributed by atoms with van der Waals surface area (Å²) in [6.07, 6.45) is 1.29. The normalized spacial score (nSPS) is 26.4. The molecule has 32 heavy (non-hydrogen) atoms. The zero-order chi connectivity index (χ0) is 23.6. The summed E-state index contributed by atoms with van der Waals surface area (Å²) in [4.78, 5) is 32.4. The second-order valence-corrected chi connectivity index (χ2v) is 11.3. The molecule has 4 atom stereocenters. The first-order valence-electron chi connectivity index (χ1n) is 11.2. The van der Waals surface area contributed by atoms with Crippen LogP contribution in [0.15, 0.2) is 29.3 Å². The minimum atomic E-state index is -0.583. The van der Waals surface area contributed by atoms with Gasteiger partial charge in [0.1, 0.15) is 11.2 Å². The van der Waals surface area contributed by atoms with Crippen LogP contribution in [0.3, 0.4) is 0 Å². The van der Waals surface area contributed by atoms with E-state index in [0.717, 1.165) is 11.4 Å². The van der Waals surface area contributed by atoms with E-state index in [2.05, 4.69) is 36.3 Å². The molecule has 1 aromatic carbocycles. The van der Waals surface area contributed by atoms with Crippen molar-refractivity contribution in [3.63, 3.8) is 0 Å². The first-order valence-corrected chi connectivity index (χ1v) is 12.4. The molecule has 0 aromatic heterocycles. The first kappa shape index (κ1) is 25.3. The Bertz CT molecular complexity index is 870. The van der Waals surface area contributed by atoms with Gasteiger partial charge in [0.25, 0.3) is 0 Å². The number of hydrogen-bond acceptors (Lipinski definition) is 3. The monoisotopic (exact) mass is 499 g/mol. The molecule has 2 aliphatic rings. The Labute approximate surface area is 205 Å². The lowest BCUT2D eigenvalue weighted by atomic mass is 9.70. The van der Waals surface area contributed by atoms with Crippen LogP contribution in [0.2, 0.25) is 5.02 Å². The predicted molar refractivity (Wildman–Crippen MR) is 132 cm³/mol. The number of likely N-dealkylation sites (tertiary alicyclic amines) is 1. The number of carbonyl (C=O) groups excluding carboxylic acids is 2. The van der Waals surface area contributed by atoms with Gasteiger partial charge in [0.05, 0.1) is 17.8 Å². The van der Waals surface area contributed by atoms with Crippen molar-refractivity contribution in [2.24, 2.45) is 22.2 Å². The summed E-state index contributed by atoms with van der Waals surface area (Å²) >= 11 is 18.2. The Morgan fingerprint density at radius 2 is 1.84 bits per heavy atom. The number of halogens is 3. The lowest BCUT2D eigenvalue weighted by Gasteiger charge is -2.46. The number of benzene rings is 1. The summed E-state index contributed by atoms with van der Waals surface area (Å²) in [5.74, 6) is -0.296. The molecule has 176 valence electrons. The molecule has 1 N–H and O–H groups in total. The molecule has 2 aliphatic heterocycles. The largest absolute Gasteiger partial charge is 0.344 e. The van der Waals surface area contributed by atoms with Gasteiger partial charge in [-0.25, -0.2) is 0 Å². The van der Waals surface area contributed by atoms with Crippen LogP contribution in [0, 0.1) is 17.3 Å². The van der Waals surface area contributed by atoms with Crippen molar-refractivity contribution >= 4 is 51.8 Å². The van der Waals surface area contributed by atoms with E-state index in [4.69, 9.17) is 34.8 Å². The number of piperidine rings is 1. The third kappa shape index (κ3) is 5.78. The van der Waals surface area contributed by atoms with E-state index in [1.54, 1.807) is 0 Å². The van der Waals surface area contributed by atoms with Crippen LogP contribution in [0.5, 0.6) is 0 Å². The van der Waals surface area contributed by atoms with Crippen LogP contribution in [-0.2, 0) is 9.59 Å². The Morgan fingerprint density at radius 3 is 2.41 bits per heavy atom. The van der Waals surface area contributed by atoms with Crippen molar-refractivity contribution < 1.29 is 9.59 Å². The Hall–Kier alpha value is -1.30. The van der Waals surface area contributed by atoms with Crippen LogP contribution in [0.1, 0.15) is 52.0 Å². The summed E-state index contributed by atoms with van der Waals surface area (Å²) in [6.45, 7) is 9.88. The van der Waals surface area contributed by atoms with Gasteiger partial charge in [0.2, 0.25) is 11.8 Å². The van der Waals surface area contributed by atoms with Gasteiger partial charge in [0, 0.05) is 18.1 Å². The first-order chi connectivity index (χ1) is 15.0. The molecule has 0 bridgehead atoms. The van der Waals surface area contributed by atoms with E-state index in [1.165, 1.54) is 5.56 Å². The Kier molecular flexibility index (Phi) is 8.16. The highest BCUT2D eigenvalue weighted by Gasteiger charge is 2.41. The molecule has 2 unspecified atom stereocenters. The van der Waals surface area contributed by atoms with E-state index < -0.39 is 11.4 Å². The number of carbonyl (C=O) groups is 2. The van der Waals surface area contributed by atoms with E-state index in [-0.39, 0.29) is 29.1 Å². The fraction of sp³-hybridized carbons (Fsp3) is 0.625. The molecule has 1 aromatic rings. The van der Waals surface area contributed by atoms with Crippen LogP contribution in [-0.4, -0.2) is 52.9 Å². The highest BCUT2D eigenvalue weighted by molar-refractivity contribution is 6.71. The molecule has 0 aliphatic carbocycles. The van der Waals surface area contributed by atoms with Crippen LogP contribution < -0.4 is 5.32 Å². The van der Waals surface area contributed by atoms with Crippen molar-refractivity contribution in [2.45, 2.75) is 57.9 Å². The number of nitrogens with zero attached hydrogens (tertiary/aromatic N) is 2. The maximum atomic E-state index is 13.5. The van der Waals surface area contributed by atoms with Crippen LogP contribution in [0.4, 0.5) is 0 Å². The van der Waals surface area contributed by atoms with E-state index in [0.29, 0.717) is 37.1 Å². The minimum absolute atomic E-state index is 0.0317. The van der Waals surface area contributed by atoms with Gasteiger partial charge >= 0.3 is 0 Å². The number of aliphatic imine (C=N–C) groups is 1. The lowest BCUT2D eigenvalue weighted by molar-refractivity contribution is -0.141. The second-order valence-electron chi connectivity index (χ2n) is 9.94. The smallest absolute Gasteiger partial charge is 0.245 e. The maximum absolute atomic E-state index is 13.5. The van der Waals surface area contributed by atoms with Crippen LogP contribution >= 0.6 is 34.8 Å². The standard InChI is InChI=1S/C24H32Cl3N3O2/c1-14(2)20(29-22(31)16-11-19(26)21(27)28-12-16)23(32)30-10-9-18(24(3,4)13-30)15-5-7-17(25)8-6-15/h5-8,14,16,18-20H,9-13H2,1-4H3,(H,29,31)/t16?,18-,19?,20-/m1/s1. The third-order valence-corrected chi connectivity index (χ3v) is 7.76. The fourth-order valence-electron chi connectivity index (χ4n) is 4.75. The molecule has 1 saturated heterocycles. The fourth-order valence-corrected chi connectivity index (χ4v) is 5.32. The zero-order valence-electron chi connectivity index (χ0n) is 19.1. The van der Waals surface area contributed by atoms with Gasteiger partial charge in [-0.1, -0.05) is 63.0 Å². The number of rotatable bonds is 5. The highest BCUT2D eigenvalue weighted by Crippen LogP contribution is 2.42. The summed E-state index contributed by atoms with van der Waals surface area (Å²) in [5, 5.41) is 3.59. The van der Waals surface area contributed by atoms with Crippen molar-refractivity contribution in [1.29, 1.82) is 0 Å². The number of amides is 2. The molecule has 3 rings (SSSR count). The zero-order valence-corrected chi connectivity index (χ0v) is 21.3. The van der Waals surface area contributed by atoms with Crippen LogP contribution in [0.25, 0.3) is 0 Å². The molecule has 1 fully saturated rings. The molecule has 0 radical (unpaired) electrons. The van der Waals surface area contributed by atoms with E-state index in [1.807, 2.05) is 30.9 Å². The minimum Gasteiger partial charge on any atom is -0.344 e. The molecule has 8 heteroatoms. The summed E-state index contributed by atoms with van der Waals surface area (Å²) in [7, 11) is 0. The quantitative estimate of drug-likeness (QED) is 0.573. The van der Waals surface area contributed by atoms with E-state index >= 15 is 0 Å². The molecular formula is C24H32Cl3N3O2. The molecule has 0 spiro atoms. The van der Waals surface area contributed by atoms with Gasteiger partial charge in [-0.15, -0.1) is 11.6 Å². The number of alkyl halides is 1. The average molecular weight is 501 g/mol. The SMILES string of the molecule is CC(C)[C@@H](NC(=O)C1CN=C(Cl)C(Cl)C1)C(=O)N1CC[C@H](c2ccc(Cl)cc2)C(C)(C)C1. The maximum Gasteiger partial charge on any atom is 0.245 e.